The Kier molecular flexibility index (Phi) is 8.09. The molecule has 3 nitrogen and oxygen atoms in total. The molecule has 5 aromatic rings. The lowest BCUT2D eigenvalue weighted by molar-refractivity contribution is 0.325. The highest BCUT2D eigenvalue weighted by atomic mass is 16.3. The zero-order valence-electron chi connectivity index (χ0n) is 27.0. The first-order valence-corrected chi connectivity index (χ1v) is 16.2. The van der Waals surface area contributed by atoms with Gasteiger partial charge in [-0.2, -0.15) is 0 Å². The number of rotatable bonds is 9. The molecule has 0 saturated carbocycles. The van der Waals surface area contributed by atoms with Crippen LogP contribution in [0.3, 0.4) is 0 Å². The van der Waals surface area contributed by atoms with Crippen molar-refractivity contribution in [3.63, 3.8) is 0 Å². The monoisotopic (exact) mass is 570 g/mol. The van der Waals surface area contributed by atoms with E-state index in [1.165, 1.54) is 86.8 Å². The number of aryl methyl sites for hydroxylation is 3. The summed E-state index contributed by atoms with van der Waals surface area (Å²) in [5.41, 5.74) is 13.5. The summed E-state index contributed by atoms with van der Waals surface area (Å²) in [6, 6.07) is 26.8. The van der Waals surface area contributed by atoms with Crippen molar-refractivity contribution < 1.29 is 4.42 Å². The summed E-state index contributed by atoms with van der Waals surface area (Å²) in [6.07, 6.45) is 7.55. The van der Waals surface area contributed by atoms with Crippen LogP contribution >= 0.6 is 0 Å². The lowest BCUT2D eigenvalue weighted by Gasteiger charge is -2.33. The summed E-state index contributed by atoms with van der Waals surface area (Å²) in [7, 11) is 0. The van der Waals surface area contributed by atoms with Crippen LogP contribution in [0.2, 0.25) is 0 Å². The normalized spacial score (nSPS) is 15.3. The molecule has 0 aliphatic carbocycles. The summed E-state index contributed by atoms with van der Waals surface area (Å²) in [5, 5.41) is 2.36. The Labute approximate surface area is 257 Å². The van der Waals surface area contributed by atoms with E-state index in [0.717, 1.165) is 17.7 Å². The van der Waals surface area contributed by atoms with E-state index < -0.39 is 0 Å². The first kappa shape index (κ1) is 29.1. The Morgan fingerprint density at radius 1 is 0.791 bits per heavy atom. The van der Waals surface area contributed by atoms with Gasteiger partial charge in [-0.05, 0) is 85.5 Å². The van der Waals surface area contributed by atoms with Crippen molar-refractivity contribution in [3.8, 4) is 11.1 Å². The Hall–Kier alpha value is -3.98. The molecular weight excluding hydrogens is 524 g/mol. The van der Waals surface area contributed by atoms with Crippen molar-refractivity contribution in [2.75, 3.05) is 11.4 Å². The first-order valence-electron chi connectivity index (χ1n) is 16.2. The second-order valence-corrected chi connectivity index (χ2v) is 12.8. The zero-order valence-corrected chi connectivity index (χ0v) is 27.0. The smallest absolute Gasteiger partial charge is 0.159 e. The van der Waals surface area contributed by atoms with Gasteiger partial charge >= 0.3 is 0 Å². The van der Waals surface area contributed by atoms with Gasteiger partial charge in [-0.15, -0.1) is 0 Å². The van der Waals surface area contributed by atoms with Gasteiger partial charge in [-0.3, -0.25) is 0 Å². The minimum atomic E-state index is 0.182. The molecule has 6 rings (SSSR count). The van der Waals surface area contributed by atoms with Gasteiger partial charge < -0.3 is 14.2 Å². The molecule has 1 aromatic heterocycles. The molecule has 4 aromatic carbocycles. The third kappa shape index (κ3) is 5.35. The Morgan fingerprint density at radius 2 is 1.53 bits per heavy atom. The number of hydrogen-bond donors (Lipinski definition) is 0. The van der Waals surface area contributed by atoms with Gasteiger partial charge in [0.25, 0.3) is 0 Å². The molecule has 43 heavy (non-hydrogen) atoms. The molecule has 3 heteroatoms. The van der Waals surface area contributed by atoms with Crippen LogP contribution in [0.15, 0.2) is 83.4 Å². The highest BCUT2D eigenvalue weighted by Crippen LogP contribution is 2.45. The van der Waals surface area contributed by atoms with Crippen LogP contribution in [-0.4, -0.2) is 17.6 Å². The summed E-state index contributed by atoms with van der Waals surface area (Å²) in [5.74, 6) is 0.361. The molecule has 222 valence electrons. The van der Waals surface area contributed by atoms with Gasteiger partial charge in [0.05, 0.1) is 11.4 Å². The lowest BCUT2D eigenvalue weighted by atomic mass is 9.92. The molecule has 1 aliphatic heterocycles. The van der Waals surface area contributed by atoms with E-state index in [1.807, 2.05) is 0 Å². The maximum atomic E-state index is 6.81. The number of benzene rings is 4. The van der Waals surface area contributed by atoms with Crippen LogP contribution in [-0.2, 0) is 0 Å². The number of furan rings is 1. The molecular formula is C40H46N2O. The fourth-order valence-electron chi connectivity index (χ4n) is 7.15. The van der Waals surface area contributed by atoms with Gasteiger partial charge in [0.15, 0.2) is 5.58 Å². The van der Waals surface area contributed by atoms with Crippen LogP contribution in [0.1, 0.15) is 87.1 Å². The minimum absolute atomic E-state index is 0.182. The maximum Gasteiger partial charge on any atom is 0.159 e. The van der Waals surface area contributed by atoms with Crippen LogP contribution < -0.4 is 4.90 Å². The van der Waals surface area contributed by atoms with Crippen LogP contribution in [0.25, 0.3) is 38.8 Å². The first-order chi connectivity index (χ1) is 20.8. The van der Waals surface area contributed by atoms with Gasteiger partial charge in [0.1, 0.15) is 11.7 Å². The summed E-state index contributed by atoms with van der Waals surface area (Å²) in [4.78, 5) is 5.08. The molecule has 1 aliphatic rings. The van der Waals surface area contributed by atoms with E-state index in [0.29, 0.717) is 5.92 Å². The number of nitrogens with zero attached hydrogens (tertiary/aromatic N) is 2. The predicted octanol–water partition coefficient (Wildman–Crippen LogP) is 11.3. The Balaban J connectivity index is 1.51. The number of anilines is 1. The molecule has 1 atom stereocenters. The number of hydrogen-bond acceptors (Lipinski definition) is 3. The standard InChI is InChI=1S/C40H46N2O/c1-8-9-10-14-21-41-30(7)42(25-36(41)31-15-12-11-13-16-31)39-33(26(2)3)18-19-34-35-24-32(17-20-37(35)43-40(34)39)38-28(5)22-27(4)23-29(38)6/h11-13,15-20,22-26,30H,8-10,14,21H2,1-7H3/t30-/m1/s1. The fraction of sp³-hybridized carbons (Fsp3) is 0.350. The molecule has 0 spiro atoms. The molecule has 0 saturated heterocycles. The summed E-state index contributed by atoms with van der Waals surface area (Å²) < 4.78 is 6.81. The van der Waals surface area contributed by atoms with Crippen molar-refractivity contribution in [2.24, 2.45) is 0 Å². The van der Waals surface area contributed by atoms with Gasteiger partial charge in [-0.1, -0.05) is 106 Å². The molecule has 0 radical (unpaired) electrons. The van der Waals surface area contributed by atoms with E-state index in [1.54, 1.807) is 0 Å². The largest absolute Gasteiger partial charge is 0.454 e. The van der Waals surface area contributed by atoms with E-state index in [2.05, 4.69) is 137 Å². The lowest BCUT2D eigenvalue weighted by Crippen LogP contribution is -2.38. The Morgan fingerprint density at radius 3 is 2.23 bits per heavy atom. The second kappa shape index (κ2) is 12.0. The van der Waals surface area contributed by atoms with E-state index in [9.17, 15) is 0 Å². The molecule has 0 amide bonds. The van der Waals surface area contributed by atoms with Gasteiger partial charge in [0.2, 0.25) is 0 Å². The molecule has 0 bridgehead atoms. The maximum absolute atomic E-state index is 6.81. The molecule has 0 fully saturated rings. The van der Waals surface area contributed by atoms with E-state index in [4.69, 9.17) is 4.42 Å². The average Bonchev–Trinajstić information content (AvgIpc) is 3.51. The number of fused-ring (bicyclic) bond motifs is 3. The average molecular weight is 571 g/mol. The highest BCUT2D eigenvalue weighted by molar-refractivity contribution is 6.11. The van der Waals surface area contributed by atoms with Crippen molar-refractivity contribution in [1.29, 1.82) is 0 Å². The zero-order chi connectivity index (χ0) is 30.2. The third-order valence-electron chi connectivity index (χ3n) is 9.24. The number of unbranched alkanes of at least 4 members (excludes halogenated alkanes) is 3. The van der Waals surface area contributed by atoms with Crippen LogP contribution in [0.4, 0.5) is 5.69 Å². The fourth-order valence-corrected chi connectivity index (χ4v) is 7.15. The second-order valence-electron chi connectivity index (χ2n) is 12.8. The SMILES string of the molecule is CCCCCCN1C(c2ccccc2)=CN(c2c(C(C)C)ccc3c2oc2ccc(-c4c(C)cc(C)cc4C)cc23)[C@@H]1C. The Bertz CT molecular complexity index is 1770. The van der Waals surface area contributed by atoms with Crippen molar-refractivity contribution in [1.82, 2.24) is 4.90 Å². The van der Waals surface area contributed by atoms with Gasteiger partial charge in [-0.25, -0.2) is 0 Å². The molecule has 0 unspecified atom stereocenters. The van der Waals surface area contributed by atoms with Crippen LogP contribution in [0.5, 0.6) is 0 Å². The molecule has 2 heterocycles. The van der Waals surface area contributed by atoms with E-state index in [-0.39, 0.29) is 6.17 Å². The topological polar surface area (TPSA) is 19.6 Å². The molecule has 0 N–H and O–H groups in total. The highest BCUT2D eigenvalue weighted by Gasteiger charge is 2.33. The van der Waals surface area contributed by atoms with Gasteiger partial charge in [0, 0.05) is 23.5 Å². The summed E-state index contributed by atoms with van der Waals surface area (Å²) in [6.45, 7) is 16.9. The predicted molar refractivity (Wildman–Crippen MR) is 185 cm³/mol. The van der Waals surface area contributed by atoms with E-state index >= 15 is 0 Å². The quantitative estimate of drug-likeness (QED) is 0.164. The van der Waals surface area contributed by atoms with Crippen LogP contribution in [0, 0.1) is 20.8 Å². The van der Waals surface area contributed by atoms with Crippen molar-refractivity contribution in [3.05, 3.63) is 107 Å². The van der Waals surface area contributed by atoms with Crippen molar-refractivity contribution >= 4 is 33.3 Å². The third-order valence-corrected chi connectivity index (χ3v) is 9.24. The minimum Gasteiger partial charge on any atom is -0.454 e. The summed E-state index contributed by atoms with van der Waals surface area (Å²) >= 11 is 0. The van der Waals surface area contributed by atoms with Crippen molar-refractivity contribution in [2.45, 2.75) is 86.2 Å².